The smallest absolute Gasteiger partial charge is 0.313 e. The van der Waals surface area contributed by atoms with Gasteiger partial charge in [-0.25, -0.2) is 0 Å². The summed E-state index contributed by atoms with van der Waals surface area (Å²) in [5.41, 5.74) is 2.89. The molecule has 1 atom stereocenters. The van der Waals surface area contributed by atoms with Crippen LogP contribution >= 0.6 is 22.9 Å². The molecule has 0 N–H and O–H groups in total. The molecule has 31 heavy (non-hydrogen) atoms. The number of benzene rings is 1. The molecule has 0 bridgehead atoms. The van der Waals surface area contributed by atoms with E-state index in [0.717, 1.165) is 33.2 Å². The minimum Gasteiger partial charge on any atom is -0.432 e. The topological polar surface area (TPSA) is 69.4 Å². The Morgan fingerprint density at radius 2 is 1.90 bits per heavy atom. The van der Waals surface area contributed by atoms with Crippen molar-refractivity contribution in [2.24, 2.45) is 4.99 Å². The molecule has 160 valence electrons. The summed E-state index contributed by atoms with van der Waals surface area (Å²) in [5.74, 6) is 1.27. The first kappa shape index (κ1) is 21.5. The van der Waals surface area contributed by atoms with Crippen molar-refractivity contribution in [2.75, 3.05) is 0 Å². The van der Waals surface area contributed by atoms with Gasteiger partial charge >= 0.3 is 5.97 Å². The van der Waals surface area contributed by atoms with E-state index < -0.39 is 11.5 Å². The highest BCUT2D eigenvalue weighted by molar-refractivity contribution is 7.15. The first-order valence-electron chi connectivity index (χ1n) is 9.86. The predicted molar refractivity (Wildman–Crippen MR) is 123 cm³/mol. The van der Waals surface area contributed by atoms with Gasteiger partial charge in [0.25, 0.3) is 0 Å². The fourth-order valence-corrected chi connectivity index (χ4v) is 5.13. The molecule has 0 saturated heterocycles. The number of allylic oxidation sites excluding steroid dienone is 1. The van der Waals surface area contributed by atoms with Crippen LogP contribution in [0.25, 0.3) is 5.00 Å². The first-order valence-corrected chi connectivity index (χ1v) is 11.1. The number of aliphatic imine (C=N–C) groups is 1. The van der Waals surface area contributed by atoms with Crippen molar-refractivity contribution >= 4 is 34.6 Å². The Hall–Kier alpha value is -2.77. The molecule has 2 aromatic heterocycles. The molecule has 0 fully saturated rings. The van der Waals surface area contributed by atoms with Gasteiger partial charge in [0.1, 0.15) is 16.4 Å². The third-order valence-electron chi connectivity index (χ3n) is 5.37. The van der Waals surface area contributed by atoms with E-state index in [9.17, 15) is 4.79 Å². The third-order valence-corrected chi connectivity index (χ3v) is 6.81. The van der Waals surface area contributed by atoms with E-state index in [0.29, 0.717) is 16.6 Å². The normalized spacial score (nSPS) is 17.4. The van der Waals surface area contributed by atoms with Crippen molar-refractivity contribution in [2.45, 2.75) is 46.6 Å². The third kappa shape index (κ3) is 3.72. The monoisotopic (exact) mass is 454 g/mol. The lowest BCUT2D eigenvalue weighted by molar-refractivity contribution is -0.140. The number of nitrogens with zero attached hydrogens (tertiary/aromatic N) is 4. The van der Waals surface area contributed by atoms with Gasteiger partial charge in [-0.2, -0.15) is 0 Å². The highest BCUT2D eigenvalue weighted by Gasteiger charge is 2.41. The summed E-state index contributed by atoms with van der Waals surface area (Å²) in [6, 6.07) is 7.58. The number of rotatable bonds is 4. The fourth-order valence-electron chi connectivity index (χ4n) is 3.80. The van der Waals surface area contributed by atoms with Crippen molar-refractivity contribution in [3.05, 3.63) is 74.8 Å². The number of fused-ring (bicyclic) bond motifs is 3. The summed E-state index contributed by atoms with van der Waals surface area (Å²) in [4.78, 5) is 19.0. The van der Waals surface area contributed by atoms with Crippen LogP contribution in [0, 0.1) is 20.8 Å². The second-order valence-electron chi connectivity index (χ2n) is 7.96. The Balaban J connectivity index is 2.01. The van der Waals surface area contributed by atoms with Crippen LogP contribution in [0.1, 0.15) is 53.5 Å². The number of thiophene rings is 1. The van der Waals surface area contributed by atoms with Crippen LogP contribution < -0.4 is 0 Å². The number of carbonyl (C=O) groups excluding carboxylic acids is 1. The summed E-state index contributed by atoms with van der Waals surface area (Å²) < 4.78 is 7.28. The zero-order valence-electron chi connectivity index (χ0n) is 18.1. The largest absolute Gasteiger partial charge is 0.432 e. The minimum atomic E-state index is -0.984. The summed E-state index contributed by atoms with van der Waals surface area (Å²) in [6.07, 6.45) is 0.00204. The van der Waals surface area contributed by atoms with Crippen LogP contribution in [0.3, 0.4) is 0 Å². The van der Waals surface area contributed by atoms with Gasteiger partial charge in [-0.05, 0) is 52.3 Å². The van der Waals surface area contributed by atoms with E-state index in [1.807, 2.05) is 42.7 Å². The molecule has 3 aromatic rings. The van der Waals surface area contributed by atoms with Crippen LogP contribution in [0.2, 0.25) is 5.02 Å². The maximum atomic E-state index is 12.7. The second-order valence-corrected chi connectivity index (χ2v) is 9.60. The van der Waals surface area contributed by atoms with Crippen molar-refractivity contribution in [1.82, 2.24) is 14.8 Å². The molecule has 1 unspecified atom stereocenters. The fraction of sp³-hybridized carbons (Fsp3) is 0.304. The average Bonchev–Trinajstić information content (AvgIpc) is 3.17. The lowest BCUT2D eigenvalue weighted by atomic mass is 9.95. The number of aryl methyl sites for hydroxylation is 2. The van der Waals surface area contributed by atoms with E-state index in [1.165, 1.54) is 4.88 Å². The maximum absolute atomic E-state index is 12.7. The molecule has 0 saturated carbocycles. The van der Waals surface area contributed by atoms with E-state index in [-0.39, 0.29) is 6.42 Å². The quantitative estimate of drug-likeness (QED) is 0.388. The van der Waals surface area contributed by atoms with Crippen molar-refractivity contribution < 1.29 is 9.53 Å². The second kappa shape index (κ2) is 7.73. The molecule has 1 aliphatic heterocycles. The average molecular weight is 455 g/mol. The highest BCUT2D eigenvalue weighted by atomic mass is 35.5. The zero-order valence-corrected chi connectivity index (χ0v) is 19.7. The Labute approximate surface area is 190 Å². The van der Waals surface area contributed by atoms with E-state index in [2.05, 4.69) is 30.6 Å². The van der Waals surface area contributed by atoms with Gasteiger partial charge in [0.05, 0.1) is 17.9 Å². The van der Waals surface area contributed by atoms with Crippen molar-refractivity contribution in [1.29, 1.82) is 0 Å². The van der Waals surface area contributed by atoms with E-state index >= 15 is 0 Å². The molecule has 0 radical (unpaired) electrons. The van der Waals surface area contributed by atoms with Crippen molar-refractivity contribution in [3.63, 3.8) is 0 Å². The van der Waals surface area contributed by atoms with Gasteiger partial charge in [0, 0.05) is 21.0 Å². The number of carbonyl (C=O) groups is 1. The molecule has 8 heteroatoms. The highest BCUT2D eigenvalue weighted by Crippen LogP contribution is 2.42. The SMILES string of the molecule is C=C(C)OC(=O)CC1(C)N=C(c2ccc(Cl)cc2)c2c(sc(C)c2C)-n2c(C)nnc21. The maximum Gasteiger partial charge on any atom is 0.313 e. The summed E-state index contributed by atoms with van der Waals surface area (Å²) in [6.45, 7) is 13.3. The molecule has 0 amide bonds. The van der Waals surface area contributed by atoms with Crippen LogP contribution in [0.5, 0.6) is 0 Å². The number of halogens is 1. The van der Waals surface area contributed by atoms with E-state index in [1.54, 1.807) is 18.3 Å². The summed E-state index contributed by atoms with van der Waals surface area (Å²) in [7, 11) is 0. The van der Waals surface area contributed by atoms with Crippen LogP contribution in [-0.4, -0.2) is 26.4 Å². The van der Waals surface area contributed by atoms with Crippen LogP contribution in [-0.2, 0) is 15.1 Å². The molecular weight excluding hydrogens is 432 g/mol. The molecule has 4 rings (SSSR count). The van der Waals surface area contributed by atoms with Gasteiger partial charge in [-0.3, -0.25) is 14.4 Å². The molecule has 1 aliphatic rings. The van der Waals surface area contributed by atoms with Gasteiger partial charge < -0.3 is 4.74 Å². The molecule has 1 aromatic carbocycles. The Kier molecular flexibility index (Phi) is 5.35. The number of esters is 1. The number of ether oxygens (including phenoxy) is 1. The lowest BCUT2D eigenvalue weighted by Crippen LogP contribution is -2.28. The standard InChI is InChI=1S/C23H23ClN4O2S/c1-12(2)30-18(29)11-23(6)22-27-26-15(5)28(22)21-19(13(3)14(4)31-21)20(25-23)16-7-9-17(24)10-8-16/h7-10H,1,11H2,2-6H3. The van der Waals surface area contributed by atoms with E-state index in [4.69, 9.17) is 21.3 Å². The first-order chi connectivity index (χ1) is 14.6. The zero-order chi connectivity index (χ0) is 22.5. The van der Waals surface area contributed by atoms with Gasteiger partial charge in [-0.15, -0.1) is 21.5 Å². The van der Waals surface area contributed by atoms with Gasteiger partial charge in [0.2, 0.25) is 0 Å². The summed E-state index contributed by atoms with van der Waals surface area (Å²) in [5, 5.41) is 10.4. The Morgan fingerprint density at radius 1 is 1.23 bits per heavy atom. The van der Waals surface area contributed by atoms with Crippen molar-refractivity contribution in [3.8, 4) is 5.00 Å². The Bertz CT molecular complexity index is 1240. The Morgan fingerprint density at radius 3 is 2.55 bits per heavy atom. The van der Waals surface area contributed by atoms with Crippen LogP contribution in [0.15, 0.2) is 41.6 Å². The molecule has 6 nitrogen and oxygen atoms in total. The molecule has 0 aliphatic carbocycles. The predicted octanol–water partition coefficient (Wildman–Crippen LogP) is 5.44. The molecular formula is C23H23ClN4O2S. The molecule has 0 spiro atoms. The lowest BCUT2D eigenvalue weighted by Gasteiger charge is -2.23. The van der Waals surface area contributed by atoms with Gasteiger partial charge in [-0.1, -0.05) is 30.3 Å². The number of hydrogen-bond acceptors (Lipinski definition) is 6. The summed E-state index contributed by atoms with van der Waals surface area (Å²) >= 11 is 7.81. The number of aromatic nitrogens is 3. The minimum absolute atomic E-state index is 0.00204. The van der Waals surface area contributed by atoms with Crippen LogP contribution in [0.4, 0.5) is 0 Å². The number of hydrogen-bond donors (Lipinski definition) is 0. The van der Waals surface area contributed by atoms with Gasteiger partial charge in [0.15, 0.2) is 5.82 Å². The molecule has 3 heterocycles.